The standard InChI is InChI=1S/C12H17BrN2O/c13-7-3-1-2-4-9-15-12(16)11-6-5-8-14-10-11/h5-6,8,10H,1-4,7,9H2,(H,15,16). The van der Waals surface area contributed by atoms with Crippen LogP contribution in [0.3, 0.4) is 0 Å². The number of halogens is 1. The Bertz CT molecular complexity index is 303. The molecule has 3 nitrogen and oxygen atoms in total. The molecule has 88 valence electrons. The molecule has 16 heavy (non-hydrogen) atoms. The van der Waals surface area contributed by atoms with Crippen molar-refractivity contribution in [2.24, 2.45) is 0 Å². The van der Waals surface area contributed by atoms with E-state index in [1.807, 2.05) is 0 Å². The van der Waals surface area contributed by atoms with E-state index in [9.17, 15) is 4.79 Å². The lowest BCUT2D eigenvalue weighted by atomic mass is 10.2. The molecule has 0 atom stereocenters. The number of unbranched alkanes of at least 4 members (excludes halogenated alkanes) is 3. The minimum Gasteiger partial charge on any atom is -0.352 e. The minimum absolute atomic E-state index is 0.0337. The summed E-state index contributed by atoms with van der Waals surface area (Å²) in [5.74, 6) is -0.0337. The first-order chi connectivity index (χ1) is 7.84. The van der Waals surface area contributed by atoms with Crippen molar-refractivity contribution < 1.29 is 4.79 Å². The van der Waals surface area contributed by atoms with Crippen LogP contribution in [0.4, 0.5) is 0 Å². The van der Waals surface area contributed by atoms with Gasteiger partial charge in [0.05, 0.1) is 5.56 Å². The fourth-order valence-electron chi connectivity index (χ4n) is 1.37. The molecule has 1 aromatic rings. The van der Waals surface area contributed by atoms with E-state index in [1.54, 1.807) is 24.5 Å². The first-order valence-corrected chi connectivity index (χ1v) is 6.71. The minimum atomic E-state index is -0.0337. The average molecular weight is 285 g/mol. The SMILES string of the molecule is O=C(NCCCCCCBr)c1cccnc1. The van der Waals surface area contributed by atoms with Gasteiger partial charge in [-0.25, -0.2) is 0 Å². The van der Waals surface area contributed by atoms with E-state index in [0.29, 0.717) is 5.56 Å². The van der Waals surface area contributed by atoms with Crippen molar-refractivity contribution >= 4 is 21.8 Å². The quantitative estimate of drug-likeness (QED) is 0.618. The second-order valence-corrected chi connectivity index (χ2v) is 4.39. The predicted octanol–water partition coefficient (Wildman–Crippen LogP) is 2.77. The van der Waals surface area contributed by atoms with Crippen molar-refractivity contribution in [1.29, 1.82) is 0 Å². The highest BCUT2D eigenvalue weighted by atomic mass is 79.9. The zero-order valence-electron chi connectivity index (χ0n) is 9.29. The number of hydrogen-bond acceptors (Lipinski definition) is 2. The van der Waals surface area contributed by atoms with Gasteiger partial charge in [0.1, 0.15) is 0 Å². The van der Waals surface area contributed by atoms with Crippen LogP contribution in [0, 0.1) is 0 Å². The Balaban J connectivity index is 2.12. The lowest BCUT2D eigenvalue weighted by Crippen LogP contribution is -2.24. The molecule has 1 N–H and O–H groups in total. The number of amides is 1. The van der Waals surface area contributed by atoms with Gasteiger partial charge in [-0.15, -0.1) is 0 Å². The van der Waals surface area contributed by atoms with E-state index in [2.05, 4.69) is 26.2 Å². The molecule has 0 fully saturated rings. The van der Waals surface area contributed by atoms with E-state index in [4.69, 9.17) is 0 Å². The number of alkyl halides is 1. The molecule has 1 rings (SSSR count). The highest BCUT2D eigenvalue weighted by Gasteiger charge is 2.02. The van der Waals surface area contributed by atoms with Crippen molar-refractivity contribution in [3.8, 4) is 0 Å². The molecule has 0 aliphatic rings. The molecule has 0 saturated heterocycles. The Morgan fingerprint density at radius 2 is 2.12 bits per heavy atom. The number of aromatic nitrogens is 1. The monoisotopic (exact) mass is 284 g/mol. The average Bonchev–Trinajstić information content (AvgIpc) is 2.34. The van der Waals surface area contributed by atoms with Crippen LogP contribution in [0.2, 0.25) is 0 Å². The number of carbonyl (C=O) groups is 1. The van der Waals surface area contributed by atoms with Crippen LogP contribution in [0.5, 0.6) is 0 Å². The van der Waals surface area contributed by atoms with Gasteiger partial charge in [-0.3, -0.25) is 9.78 Å². The number of nitrogens with zero attached hydrogens (tertiary/aromatic N) is 1. The van der Waals surface area contributed by atoms with Crippen LogP contribution in [-0.2, 0) is 0 Å². The van der Waals surface area contributed by atoms with Crippen LogP contribution in [0.15, 0.2) is 24.5 Å². The van der Waals surface area contributed by atoms with Gasteiger partial charge in [0.2, 0.25) is 0 Å². The molecular formula is C12H17BrN2O. The zero-order chi connectivity index (χ0) is 11.6. The Hall–Kier alpha value is -0.900. The van der Waals surface area contributed by atoms with Crippen LogP contribution in [0.1, 0.15) is 36.0 Å². The van der Waals surface area contributed by atoms with Crippen molar-refractivity contribution in [3.63, 3.8) is 0 Å². The number of hydrogen-bond donors (Lipinski definition) is 1. The second-order valence-electron chi connectivity index (χ2n) is 3.60. The molecule has 0 radical (unpaired) electrons. The number of rotatable bonds is 7. The predicted molar refractivity (Wildman–Crippen MR) is 68.8 cm³/mol. The third kappa shape index (κ3) is 5.26. The van der Waals surface area contributed by atoms with Gasteiger partial charge < -0.3 is 5.32 Å². The normalized spacial score (nSPS) is 10.1. The Morgan fingerprint density at radius 3 is 2.81 bits per heavy atom. The molecule has 0 aromatic carbocycles. The molecule has 1 amide bonds. The molecule has 1 heterocycles. The second kappa shape index (κ2) is 8.28. The van der Waals surface area contributed by atoms with Gasteiger partial charge in [-0.1, -0.05) is 28.8 Å². The molecule has 0 unspecified atom stereocenters. The summed E-state index contributed by atoms with van der Waals surface area (Å²) in [7, 11) is 0. The Labute approximate surface area is 105 Å². The maximum atomic E-state index is 11.6. The highest BCUT2D eigenvalue weighted by molar-refractivity contribution is 9.09. The van der Waals surface area contributed by atoms with Crippen molar-refractivity contribution in [1.82, 2.24) is 10.3 Å². The Kier molecular flexibility index (Phi) is 6.81. The highest BCUT2D eigenvalue weighted by Crippen LogP contribution is 2.01. The van der Waals surface area contributed by atoms with E-state index in [-0.39, 0.29) is 5.91 Å². The van der Waals surface area contributed by atoms with Crippen molar-refractivity contribution in [3.05, 3.63) is 30.1 Å². The molecule has 0 aliphatic heterocycles. The fourth-order valence-corrected chi connectivity index (χ4v) is 1.77. The molecule has 0 saturated carbocycles. The van der Waals surface area contributed by atoms with Gasteiger partial charge in [0.15, 0.2) is 0 Å². The zero-order valence-corrected chi connectivity index (χ0v) is 10.9. The van der Waals surface area contributed by atoms with E-state index in [0.717, 1.165) is 18.3 Å². The van der Waals surface area contributed by atoms with Gasteiger partial charge in [0.25, 0.3) is 5.91 Å². The maximum absolute atomic E-state index is 11.6. The number of nitrogens with one attached hydrogen (secondary N) is 1. The molecule has 0 bridgehead atoms. The van der Waals surface area contributed by atoms with E-state index in [1.165, 1.54) is 19.3 Å². The van der Waals surface area contributed by atoms with E-state index >= 15 is 0 Å². The third-order valence-corrected chi connectivity index (χ3v) is 2.83. The van der Waals surface area contributed by atoms with Gasteiger partial charge in [-0.05, 0) is 25.0 Å². The first-order valence-electron chi connectivity index (χ1n) is 5.59. The maximum Gasteiger partial charge on any atom is 0.252 e. The Morgan fingerprint density at radius 1 is 1.31 bits per heavy atom. The summed E-state index contributed by atoms with van der Waals surface area (Å²) in [4.78, 5) is 15.5. The molecular weight excluding hydrogens is 268 g/mol. The summed E-state index contributed by atoms with van der Waals surface area (Å²) in [6.07, 6.45) is 7.87. The van der Waals surface area contributed by atoms with Crippen LogP contribution in [0.25, 0.3) is 0 Å². The summed E-state index contributed by atoms with van der Waals surface area (Å²) >= 11 is 3.40. The topological polar surface area (TPSA) is 42.0 Å². The largest absolute Gasteiger partial charge is 0.352 e. The summed E-state index contributed by atoms with van der Waals surface area (Å²) in [6, 6.07) is 3.54. The summed E-state index contributed by atoms with van der Waals surface area (Å²) < 4.78 is 0. The number of carbonyl (C=O) groups excluding carboxylic acids is 1. The molecule has 4 heteroatoms. The first kappa shape index (κ1) is 13.2. The smallest absolute Gasteiger partial charge is 0.252 e. The van der Waals surface area contributed by atoms with Crippen molar-refractivity contribution in [2.75, 3.05) is 11.9 Å². The van der Waals surface area contributed by atoms with E-state index < -0.39 is 0 Å². The lowest BCUT2D eigenvalue weighted by Gasteiger charge is -2.04. The molecule has 0 aliphatic carbocycles. The summed E-state index contributed by atoms with van der Waals surface area (Å²) in [5, 5.41) is 3.95. The third-order valence-electron chi connectivity index (χ3n) is 2.27. The number of pyridine rings is 1. The lowest BCUT2D eigenvalue weighted by molar-refractivity contribution is 0.0952. The molecule has 1 aromatic heterocycles. The van der Waals surface area contributed by atoms with Gasteiger partial charge >= 0.3 is 0 Å². The van der Waals surface area contributed by atoms with Crippen LogP contribution < -0.4 is 5.32 Å². The van der Waals surface area contributed by atoms with Gasteiger partial charge in [-0.2, -0.15) is 0 Å². The molecule has 0 spiro atoms. The van der Waals surface area contributed by atoms with Crippen LogP contribution >= 0.6 is 15.9 Å². The summed E-state index contributed by atoms with van der Waals surface area (Å²) in [5.41, 5.74) is 0.628. The van der Waals surface area contributed by atoms with Crippen molar-refractivity contribution in [2.45, 2.75) is 25.7 Å². The summed E-state index contributed by atoms with van der Waals surface area (Å²) in [6.45, 7) is 0.746. The van der Waals surface area contributed by atoms with Gasteiger partial charge in [0, 0.05) is 24.3 Å². The van der Waals surface area contributed by atoms with Crippen LogP contribution in [-0.4, -0.2) is 22.8 Å². The fraction of sp³-hybridized carbons (Fsp3) is 0.500.